The fourth-order valence-electron chi connectivity index (χ4n) is 3.33. The lowest BCUT2D eigenvalue weighted by atomic mass is 10.1. The van der Waals surface area contributed by atoms with Crippen LogP contribution in [-0.2, 0) is 4.79 Å². The van der Waals surface area contributed by atoms with Crippen LogP contribution in [0.4, 0.5) is 0 Å². The smallest absolute Gasteiger partial charge is 0.271 e. The number of carbonyl (C=O) groups excluding carboxylic acids is 3. The van der Waals surface area contributed by atoms with E-state index in [9.17, 15) is 14.4 Å². The fraction of sp³-hybridized carbons (Fsp3) is 0.208. The normalized spacial score (nSPS) is 10.5. The zero-order chi connectivity index (χ0) is 21.7. The van der Waals surface area contributed by atoms with Crippen LogP contribution < -0.4 is 10.9 Å². The van der Waals surface area contributed by atoms with Gasteiger partial charge in [-0.2, -0.15) is 0 Å². The minimum absolute atomic E-state index is 0.00394. The van der Waals surface area contributed by atoms with Crippen LogP contribution in [0, 0.1) is 20.8 Å². The average molecular weight is 403 g/mol. The molecule has 6 nitrogen and oxygen atoms in total. The Balaban J connectivity index is 1.56. The topological polar surface area (TPSA) is 80.2 Å². The molecule has 1 aromatic heterocycles. The van der Waals surface area contributed by atoms with Crippen LogP contribution in [0.15, 0.2) is 60.7 Å². The summed E-state index contributed by atoms with van der Waals surface area (Å²) in [6, 6.07) is 18.7. The molecule has 0 aliphatic heterocycles. The molecule has 0 saturated heterocycles. The van der Waals surface area contributed by atoms with Crippen molar-refractivity contribution in [3.63, 3.8) is 0 Å². The molecule has 0 atom stereocenters. The van der Waals surface area contributed by atoms with Crippen molar-refractivity contribution in [1.29, 1.82) is 0 Å². The quantitative estimate of drug-likeness (QED) is 0.485. The van der Waals surface area contributed by atoms with E-state index in [1.807, 2.05) is 67.8 Å². The molecular formula is C24H25N3O3. The Morgan fingerprint density at radius 2 is 1.50 bits per heavy atom. The third-order valence-electron chi connectivity index (χ3n) is 4.96. The third kappa shape index (κ3) is 4.84. The van der Waals surface area contributed by atoms with E-state index in [2.05, 4.69) is 10.9 Å². The standard InChI is InChI=1S/C24H25N3O3/c1-16-9-11-19(12-10-16)22(28)13-14-23(29)25-26-24(30)21-15-17(2)27(18(21)3)20-7-5-4-6-8-20/h4-12,15H,13-14H2,1-3H3,(H,25,29)(H,26,30). The lowest BCUT2D eigenvalue weighted by Crippen LogP contribution is -2.41. The summed E-state index contributed by atoms with van der Waals surface area (Å²) in [7, 11) is 0. The Bertz CT molecular complexity index is 1070. The van der Waals surface area contributed by atoms with Crippen molar-refractivity contribution in [3.05, 3.63) is 88.7 Å². The molecule has 30 heavy (non-hydrogen) atoms. The number of ketones is 1. The number of hydrogen-bond donors (Lipinski definition) is 2. The van der Waals surface area contributed by atoms with Crippen molar-refractivity contribution in [2.75, 3.05) is 0 Å². The fourth-order valence-corrected chi connectivity index (χ4v) is 3.33. The summed E-state index contributed by atoms with van der Waals surface area (Å²) in [6.07, 6.45) is 0.0727. The van der Waals surface area contributed by atoms with Gasteiger partial charge in [0.05, 0.1) is 5.56 Å². The van der Waals surface area contributed by atoms with Gasteiger partial charge < -0.3 is 4.57 Å². The van der Waals surface area contributed by atoms with E-state index in [1.165, 1.54) is 0 Å². The SMILES string of the molecule is Cc1ccc(C(=O)CCC(=O)NNC(=O)c2cc(C)n(-c3ccccc3)c2C)cc1. The molecule has 1 heterocycles. The number of hydrazine groups is 1. The molecule has 0 aliphatic carbocycles. The van der Waals surface area contributed by atoms with Gasteiger partial charge in [-0.25, -0.2) is 0 Å². The summed E-state index contributed by atoms with van der Waals surface area (Å²) in [5.74, 6) is -0.924. The van der Waals surface area contributed by atoms with E-state index in [0.29, 0.717) is 11.1 Å². The molecule has 0 aliphatic rings. The number of para-hydroxylation sites is 1. The second kappa shape index (κ2) is 9.22. The van der Waals surface area contributed by atoms with Crippen LogP contribution in [-0.4, -0.2) is 22.2 Å². The molecule has 0 fully saturated rings. The maximum absolute atomic E-state index is 12.6. The van der Waals surface area contributed by atoms with Crippen LogP contribution in [0.3, 0.4) is 0 Å². The zero-order valence-corrected chi connectivity index (χ0v) is 17.4. The lowest BCUT2D eigenvalue weighted by molar-refractivity contribution is -0.121. The van der Waals surface area contributed by atoms with Crippen LogP contribution in [0.5, 0.6) is 0 Å². The van der Waals surface area contributed by atoms with E-state index >= 15 is 0 Å². The lowest BCUT2D eigenvalue weighted by Gasteiger charge is -2.10. The largest absolute Gasteiger partial charge is 0.318 e. The Labute approximate surface area is 175 Å². The highest BCUT2D eigenvalue weighted by atomic mass is 16.2. The number of aryl methyl sites for hydroxylation is 2. The molecule has 3 rings (SSSR count). The van der Waals surface area contributed by atoms with Gasteiger partial charge in [-0.05, 0) is 39.0 Å². The molecule has 2 aromatic carbocycles. The average Bonchev–Trinajstić information content (AvgIpc) is 3.05. The first-order valence-corrected chi connectivity index (χ1v) is 9.80. The molecule has 3 aromatic rings. The highest BCUT2D eigenvalue weighted by molar-refractivity contribution is 5.99. The van der Waals surface area contributed by atoms with Gasteiger partial charge in [0, 0.05) is 35.5 Å². The second-order valence-corrected chi connectivity index (χ2v) is 7.25. The predicted molar refractivity (Wildman–Crippen MR) is 116 cm³/mol. The van der Waals surface area contributed by atoms with Gasteiger partial charge in [0.2, 0.25) is 5.91 Å². The highest BCUT2D eigenvalue weighted by Crippen LogP contribution is 2.20. The van der Waals surface area contributed by atoms with Crippen molar-refractivity contribution < 1.29 is 14.4 Å². The predicted octanol–water partition coefficient (Wildman–Crippen LogP) is 3.83. The maximum Gasteiger partial charge on any atom is 0.271 e. The molecule has 2 N–H and O–H groups in total. The Kier molecular flexibility index (Phi) is 6.47. The van der Waals surface area contributed by atoms with E-state index in [-0.39, 0.29) is 18.6 Å². The van der Waals surface area contributed by atoms with E-state index in [0.717, 1.165) is 22.6 Å². The number of Topliss-reactive ketones (excluding diaryl/α,β-unsaturated/α-hetero) is 1. The van der Waals surface area contributed by atoms with Crippen molar-refractivity contribution in [3.8, 4) is 5.69 Å². The van der Waals surface area contributed by atoms with Gasteiger partial charge >= 0.3 is 0 Å². The van der Waals surface area contributed by atoms with Crippen molar-refractivity contribution >= 4 is 17.6 Å². The van der Waals surface area contributed by atoms with Gasteiger partial charge in [-0.15, -0.1) is 0 Å². The number of aromatic nitrogens is 1. The molecule has 0 spiro atoms. The van der Waals surface area contributed by atoms with Crippen LogP contribution in [0.2, 0.25) is 0 Å². The monoisotopic (exact) mass is 403 g/mol. The number of nitrogens with zero attached hydrogens (tertiary/aromatic N) is 1. The number of hydrogen-bond acceptors (Lipinski definition) is 3. The summed E-state index contributed by atoms with van der Waals surface area (Å²) in [5.41, 5.74) is 9.61. The summed E-state index contributed by atoms with van der Waals surface area (Å²) >= 11 is 0. The van der Waals surface area contributed by atoms with Crippen LogP contribution >= 0.6 is 0 Å². The maximum atomic E-state index is 12.6. The van der Waals surface area contributed by atoms with E-state index in [4.69, 9.17) is 0 Å². The number of rotatable bonds is 6. The highest BCUT2D eigenvalue weighted by Gasteiger charge is 2.17. The summed E-state index contributed by atoms with van der Waals surface area (Å²) < 4.78 is 1.98. The molecule has 0 saturated carbocycles. The molecule has 2 amide bonds. The summed E-state index contributed by atoms with van der Waals surface area (Å²) in [4.78, 5) is 36.8. The molecular weight excluding hydrogens is 378 g/mol. The first-order valence-electron chi connectivity index (χ1n) is 9.80. The van der Waals surface area contributed by atoms with Crippen molar-refractivity contribution in [2.24, 2.45) is 0 Å². The summed E-state index contributed by atoms with van der Waals surface area (Å²) in [6.45, 7) is 5.73. The van der Waals surface area contributed by atoms with Gasteiger partial charge in [-0.3, -0.25) is 25.2 Å². The number of amides is 2. The minimum atomic E-state index is -0.416. The van der Waals surface area contributed by atoms with Crippen LogP contribution in [0.1, 0.15) is 50.5 Å². The number of nitrogens with one attached hydrogen (secondary N) is 2. The second-order valence-electron chi connectivity index (χ2n) is 7.25. The first-order chi connectivity index (χ1) is 14.4. The van der Waals surface area contributed by atoms with Gasteiger partial charge in [0.15, 0.2) is 5.78 Å². The number of carbonyl (C=O) groups is 3. The Hall–Kier alpha value is -3.67. The molecule has 0 bridgehead atoms. The molecule has 0 unspecified atom stereocenters. The zero-order valence-electron chi connectivity index (χ0n) is 17.4. The minimum Gasteiger partial charge on any atom is -0.318 e. The number of benzene rings is 2. The van der Waals surface area contributed by atoms with Gasteiger partial charge in [0.25, 0.3) is 5.91 Å². The van der Waals surface area contributed by atoms with E-state index in [1.54, 1.807) is 18.2 Å². The van der Waals surface area contributed by atoms with Crippen molar-refractivity contribution in [2.45, 2.75) is 33.6 Å². The van der Waals surface area contributed by atoms with Crippen molar-refractivity contribution in [1.82, 2.24) is 15.4 Å². The Morgan fingerprint density at radius 1 is 0.833 bits per heavy atom. The van der Waals surface area contributed by atoms with E-state index < -0.39 is 11.8 Å². The van der Waals surface area contributed by atoms with Crippen LogP contribution in [0.25, 0.3) is 5.69 Å². The Morgan fingerprint density at radius 3 is 2.17 bits per heavy atom. The molecule has 154 valence electrons. The summed E-state index contributed by atoms with van der Waals surface area (Å²) in [5, 5.41) is 0. The molecule has 6 heteroatoms. The third-order valence-corrected chi connectivity index (χ3v) is 4.96. The van der Waals surface area contributed by atoms with Gasteiger partial charge in [-0.1, -0.05) is 48.0 Å². The first kappa shape index (κ1) is 21.0. The molecule has 0 radical (unpaired) electrons. The van der Waals surface area contributed by atoms with Gasteiger partial charge in [0.1, 0.15) is 0 Å².